The van der Waals surface area contributed by atoms with E-state index < -0.39 is 41.5 Å². The van der Waals surface area contributed by atoms with Gasteiger partial charge in [0.1, 0.15) is 6.26 Å². The molecule has 1 heterocycles. The molecule has 12 heteroatoms. The number of alkyl halides is 5. The number of benzene rings is 2. The van der Waals surface area contributed by atoms with Crippen molar-refractivity contribution in [3.63, 3.8) is 0 Å². The van der Waals surface area contributed by atoms with Crippen molar-refractivity contribution in [3.05, 3.63) is 72.2 Å². The average Bonchev–Trinajstić information content (AvgIpc) is 3.28. The van der Waals surface area contributed by atoms with Gasteiger partial charge in [-0.15, -0.1) is 0 Å². The summed E-state index contributed by atoms with van der Waals surface area (Å²) >= 11 is 0.235. The predicted octanol–water partition coefficient (Wildman–Crippen LogP) is 5.92. The molecule has 0 unspecified atom stereocenters. The number of anilines is 3. The van der Waals surface area contributed by atoms with Crippen LogP contribution in [0.5, 0.6) is 0 Å². The van der Waals surface area contributed by atoms with Crippen LogP contribution in [0, 0.1) is 0 Å². The Labute approximate surface area is 188 Å². The second-order valence-electron chi connectivity index (χ2n) is 6.50. The highest BCUT2D eigenvalue weighted by Crippen LogP contribution is 2.37. The number of nitrogens with one attached hydrogen (secondary N) is 3. The number of carbonyl (C=O) groups is 2. The molecular weight excluding hydrogens is 469 g/mol. The fraction of sp³-hybridized carbons (Fsp3) is 0.143. The molecule has 0 aliphatic heterocycles. The van der Waals surface area contributed by atoms with E-state index in [0.717, 1.165) is 18.4 Å². The second-order valence-corrected chi connectivity index (χ2v) is 7.53. The van der Waals surface area contributed by atoms with Gasteiger partial charge in [0, 0.05) is 16.3 Å². The number of thioether (sulfide) groups is 1. The molecule has 2 aromatic carbocycles. The first kappa shape index (κ1) is 24.1. The fourth-order valence-electron chi connectivity index (χ4n) is 2.75. The molecule has 0 atom stereocenters. The summed E-state index contributed by atoms with van der Waals surface area (Å²) in [5, 5.41) is 7.12. The van der Waals surface area contributed by atoms with Crippen LogP contribution in [0.2, 0.25) is 0 Å². The molecule has 3 N–H and O–H groups in total. The lowest BCUT2D eigenvalue weighted by atomic mass is 10.1. The highest BCUT2D eigenvalue weighted by Gasteiger charge is 2.34. The third-order valence-corrected chi connectivity index (χ3v) is 4.97. The summed E-state index contributed by atoms with van der Waals surface area (Å²) in [7, 11) is 0. The van der Waals surface area contributed by atoms with Crippen LogP contribution in [0.25, 0.3) is 0 Å². The number of halogens is 5. The van der Waals surface area contributed by atoms with Crippen molar-refractivity contribution in [1.29, 1.82) is 0 Å². The molecule has 0 radical (unpaired) electrons. The maximum Gasteiger partial charge on any atom is 0.418 e. The van der Waals surface area contributed by atoms with Gasteiger partial charge < -0.3 is 20.4 Å². The zero-order valence-electron chi connectivity index (χ0n) is 16.6. The van der Waals surface area contributed by atoms with E-state index in [4.69, 9.17) is 4.42 Å². The largest absolute Gasteiger partial charge is 0.472 e. The smallest absolute Gasteiger partial charge is 0.418 e. The zero-order chi connectivity index (χ0) is 24.0. The minimum atomic E-state index is -4.78. The Bertz CT molecular complexity index is 1120. The highest BCUT2D eigenvalue weighted by atomic mass is 32.2. The molecular formula is C21H16F5N3O3S. The van der Waals surface area contributed by atoms with Gasteiger partial charge in [-0.1, -0.05) is 23.9 Å². The Kier molecular flexibility index (Phi) is 7.59. The monoisotopic (exact) mass is 485 g/mol. The highest BCUT2D eigenvalue weighted by molar-refractivity contribution is 7.99. The van der Waals surface area contributed by atoms with Crippen LogP contribution in [0.4, 0.5) is 39.0 Å². The van der Waals surface area contributed by atoms with Crippen molar-refractivity contribution in [1.82, 2.24) is 0 Å². The van der Waals surface area contributed by atoms with E-state index >= 15 is 0 Å². The summed E-state index contributed by atoms with van der Waals surface area (Å²) in [4.78, 5) is 24.4. The first-order chi connectivity index (χ1) is 15.6. The molecule has 6 nitrogen and oxygen atoms in total. The Balaban J connectivity index is 1.70. The molecule has 1 aromatic heterocycles. The van der Waals surface area contributed by atoms with Crippen molar-refractivity contribution < 1.29 is 36.0 Å². The van der Waals surface area contributed by atoms with E-state index in [2.05, 4.69) is 16.0 Å². The molecule has 33 heavy (non-hydrogen) atoms. The van der Waals surface area contributed by atoms with E-state index in [1.54, 1.807) is 0 Å². The van der Waals surface area contributed by atoms with Crippen LogP contribution >= 0.6 is 11.8 Å². The number of amides is 2. The maximum absolute atomic E-state index is 13.5. The van der Waals surface area contributed by atoms with E-state index in [0.29, 0.717) is 0 Å². The molecule has 3 rings (SSSR count). The fourth-order valence-corrected chi connectivity index (χ4v) is 3.34. The second kappa shape index (κ2) is 10.4. The van der Waals surface area contributed by atoms with Crippen LogP contribution in [-0.4, -0.2) is 24.1 Å². The van der Waals surface area contributed by atoms with Crippen molar-refractivity contribution in [2.45, 2.75) is 16.8 Å². The quantitative estimate of drug-likeness (QED) is 0.273. The van der Waals surface area contributed by atoms with Gasteiger partial charge in [-0.25, -0.2) is 0 Å². The molecule has 3 aromatic rings. The summed E-state index contributed by atoms with van der Waals surface area (Å²) < 4.78 is 70.7. The normalized spacial score (nSPS) is 11.3. The van der Waals surface area contributed by atoms with Crippen molar-refractivity contribution in [2.75, 3.05) is 22.5 Å². The third kappa shape index (κ3) is 6.72. The number of furan rings is 1. The number of rotatable bonds is 8. The summed E-state index contributed by atoms with van der Waals surface area (Å²) in [5.74, 6) is -4.09. The van der Waals surface area contributed by atoms with Gasteiger partial charge >= 0.3 is 6.18 Å². The van der Waals surface area contributed by atoms with E-state index in [1.807, 2.05) is 0 Å². The first-order valence-electron chi connectivity index (χ1n) is 9.26. The SMILES string of the molecule is O=C(CNc1ccc(NC(=O)c2ccoc2)cc1C(F)(F)F)Nc1ccccc1SC(F)F. The molecule has 0 spiro atoms. The zero-order valence-corrected chi connectivity index (χ0v) is 17.4. The maximum atomic E-state index is 13.5. The number of hydrogen-bond donors (Lipinski definition) is 3. The lowest BCUT2D eigenvalue weighted by Crippen LogP contribution is -2.23. The molecule has 0 aliphatic rings. The molecule has 0 saturated heterocycles. The van der Waals surface area contributed by atoms with Gasteiger partial charge in [0.05, 0.1) is 29.6 Å². The Morgan fingerprint density at radius 1 is 1.00 bits per heavy atom. The van der Waals surface area contributed by atoms with E-state index in [-0.39, 0.29) is 33.6 Å². The summed E-state index contributed by atoms with van der Waals surface area (Å²) in [5.41, 5.74) is -1.36. The summed E-state index contributed by atoms with van der Waals surface area (Å²) in [6.45, 7) is -0.558. The molecule has 0 saturated carbocycles. The predicted molar refractivity (Wildman–Crippen MR) is 114 cm³/mol. The topological polar surface area (TPSA) is 83.4 Å². The minimum Gasteiger partial charge on any atom is -0.472 e. The summed E-state index contributed by atoms with van der Waals surface area (Å²) in [6.07, 6.45) is -2.39. The molecule has 0 fully saturated rings. The number of para-hydroxylation sites is 1. The van der Waals surface area contributed by atoms with Crippen LogP contribution < -0.4 is 16.0 Å². The lowest BCUT2D eigenvalue weighted by Gasteiger charge is -2.17. The minimum absolute atomic E-state index is 0.110. The standard InChI is InChI=1S/C21H16F5N3O3S/c22-20(23)33-17-4-2-1-3-16(17)29-18(30)10-27-15-6-5-13(9-14(15)21(24,25)26)28-19(31)12-7-8-32-11-12/h1-9,11,20,27H,10H2,(H,28,31)(H,29,30). The van der Waals surface area contributed by atoms with Crippen LogP contribution in [0.3, 0.4) is 0 Å². The van der Waals surface area contributed by atoms with Crippen LogP contribution in [0.1, 0.15) is 15.9 Å². The van der Waals surface area contributed by atoms with Crippen LogP contribution in [0.15, 0.2) is 70.4 Å². The van der Waals surface area contributed by atoms with Gasteiger partial charge in [0.25, 0.3) is 11.7 Å². The Morgan fingerprint density at radius 3 is 2.42 bits per heavy atom. The van der Waals surface area contributed by atoms with Crippen molar-refractivity contribution in [3.8, 4) is 0 Å². The lowest BCUT2D eigenvalue weighted by molar-refractivity contribution is -0.137. The molecule has 0 aliphatic carbocycles. The van der Waals surface area contributed by atoms with Crippen molar-refractivity contribution in [2.24, 2.45) is 0 Å². The molecule has 0 bridgehead atoms. The third-order valence-electron chi connectivity index (χ3n) is 4.18. The first-order valence-corrected chi connectivity index (χ1v) is 10.1. The number of carbonyl (C=O) groups excluding carboxylic acids is 2. The Hall–Kier alpha value is -3.54. The van der Waals surface area contributed by atoms with Crippen LogP contribution in [-0.2, 0) is 11.0 Å². The number of hydrogen-bond acceptors (Lipinski definition) is 5. The average molecular weight is 485 g/mol. The van der Waals surface area contributed by atoms with Gasteiger partial charge in [0.15, 0.2) is 0 Å². The van der Waals surface area contributed by atoms with E-state index in [1.165, 1.54) is 42.7 Å². The Morgan fingerprint density at radius 2 is 1.76 bits per heavy atom. The van der Waals surface area contributed by atoms with E-state index in [9.17, 15) is 31.5 Å². The van der Waals surface area contributed by atoms with Gasteiger partial charge in [-0.05, 0) is 36.4 Å². The van der Waals surface area contributed by atoms with Gasteiger partial charge in [0.2, 0.25) is 5.91 Å². The molecule has 2 amide bonds. The molecule has 174 valence electrons. The summed E-state index contributed by atoms with van der Waals surface area (Å²) in [6, 6.07) is 10.2. The van der Waals surface area contributed by atoms with Gasteiger partial charge in [-0.2, -0.15) is 22.0 Å². The van der Waals surface area contributed by atoms with Gasteiger partial charge in [-0.3, -0.25) is 9.59 Å². The van der Waals surface area contributed by atoms with Crippen molar-refractivity contribution >= 4 is 40.6 Å².